The molecular weight excluding hydrogens is 850 g/mol. The zero-order valence-electron chi connectivity index (χ0n) is 27.7. The number of methoxy groups -OCH3 is 1. The number of sulfone groups is 2. The van der Waals surface area contributed by atoms with Crippen molar-refractivity contribution in [2.24, 2.45) is 20.5 Å². The SMILES string of the molecule is COc1ccc(S(=O)(=O)CCOSOO[O-])cc1N=Nc1cc(N=Nc2ccc(S(=O)(=O)CCOSOO[O-])cc2S(=O)(=O)[O-])c(O)cc1O.[Na+].[Na+].[Na+]. The number of phenols is 2. The minimum atomic E-state index is -5.34. The summed E-state index contributed by atoms with van der Waals surface area (Å²) in [6.07, 6.45) is 0. The molecule has 0 aliphatic rings. The average Bonchev–Trinajstić information content (AvgIpc) is 3.06. The molecule has 0 unspecified atom stereocenters. The smallest absolute Gasteiger partial charge is 0.744 e. The molecule has 3 aromatic carbocycles. The maximum atomic E-state index is 12.7. The van der Waals surface area contributed by atoms with Crippen LogP contribution in [0.1, 0.15) is 0 Å². The second-order valence-electron chi connectivity index (χ2n) is 8.84. The largest absolute Gasteiger partial charge is 1.00 e. The molecule has 0 bridgehead atoms. The maximum Gasteiger partial charge on any atom is 1.00 e. The van der Waals surface area contributed by atoms with Crippen LogP contribution in [0, 0.1) is 0 Å². The number of phenolic OH excluding ortho intramolecular Hbond substituents is 2. The van der Waals surface area contributed by atoms with Crippen molar-refractivity contribution >= 4 is 77.2 Å². The third-order valence-electron chi connectivity index (χ3n) is 5.75. The number of aromatic hydroxyl groups is 2. The summed E-state index contributed by atoms with van der Waals surface area (Å²) in [5.41, 5.74) is -1.54. The van der Waals surface area contributed by atoms with Crippen LogP contribution in [0.2, 0.25) is 0 Å². The molecule has 0 saturated heterocycles. The van der Waals surface area contributed by atoms with E-state index in [9.17, 15) is 50.5 Å². The van der Waals surface area contributed by atoms with Crippen molar-refractivity contribution < 1.29 is 171 Å². The summed E-state index contributed by atoms with van der Waals surface area (Å²) >= 11 is 0.177. The van der Waals surface area contributed by atoms with Gasteiger partial charge < -0.3 is 30.0 Å². The van der Waals surface area contributed by atoms with Gasteiger partial charge in [-0.3, -0.25) is 18.4 Å². The summed E-state index contributed by atoms with van der Waals surface area (Å²) in [4.78, 5) is -1.92. The first kappa shape index (κ1) is 52.5. The summed E-state index contributed by atoms with van der Waals surface area (Å²) in [6, 6.07) is 7.62. The molecule has 3 rings (SSSR count). The fraction of sp³-hybridized carbons (Fsp3) is 0.217. The Morgan fingerprint density at radius 3 is 1.57 bits per heavy atom. The van der Waals surface area contributed by atoms with E-state index in [0.29, 0.717) is 6.07 Å². The molecule has 22 nitrogen and oxygen atoms in total. The Morgan fingerprint density at radius 1 is 0.642 bits per heavy atom. The van der Waals surface area contributed by atoms with Gasteiger partial charge in [0.15, 0.2) is 44.3 Å². The molecular formula is C23H21N4Na3O18S5. The van der Waals surface area contributed by atoms with Gasteiger partial charge in [-0.2, -0.15) is 0 Å². The van der Waals surface area contributed by atoms with Crippen LogP contribution in [0.15, 0.2) is 83.7 Å². The predicted octanol–water partition coefficient (Wildman–Crippen LogP) is -6.99. The summed E-state index contributed by atoms with van der Waals surface area (Å²) in [5.74, 6) is -2.55. The molecule has 0 aliphatic carbocycles. The molecule has 0 heterocycles. The summed E-state index contributed by atoms with van der Waals surface area (Å²) < 4.78 is 109. The van der Waals surface area contributed by atoms with E-state index < -0.39 is 87.2 Å². The Bertz CT molecular complexity index is 2050. The van der Waals surface area contributed by atoms with Gasteiger partial charge in [0.05, 0.1) is 46.5 Å². The van der Waals surface area contributed by atoms with E-state index in [1.807, 2.05) is 0 Å². The quantitative estimate of drug-likeness (QED) is 0.0203. The second kappa shape index (κ2) is 24.9. The molecule has 0 radical (unpaired) electrons. The molecule has 3 aromatic rings. The molecule has 0 aliphatic heterocycles. The fourth-order valence-corrected chi connectivity index (χ4v) is 7.06. The van der Waals surface area contributed by atoms with Crippen LogP contribution >= 0.6 is 24.6 Å². The van der Waals surface area contributed by atoms with E-state index >= 15 is 0 Å². The van der Waals surface area contributed by atoms with Gasteiger partial charge in [0.2, 0.25) is 0 Å². The monoisotopic (exact) mass is 870 g/mol. The summed E-state index contributed by atoms with van der Waals surface area (Å²) in [6.45, 7) is -0.920. The Hall–Kier alpha value is -0.550. The summed E-state index contributed by atoms with van der Waals surface area (Å²) in [5, 5.41) is 61.3. The molecule has 30 heteroatoms. The number of azo groups is 2. The molecule has 0 saturated carbocycles. The summed E-state index contributed by atoms with van der Waals surface area (Å²) in [7, 11) is -12.3. The molecule has 2 N–H and O–H groups in total. The zero-order chi connectivity index (χ0) is 37.0. The molecule has 53 heavy (non-hydrogen) atoms. The number of nitrogens with zero attached hydrogens (tertiary/aromatic N) is 4. The van der Waals surface area contributed by atoms with Crippen molar-refractivity contribution in [3.05, 3.63) is 48.5 Å². The zero-order valence-corrected chi connectivity index (χ0v) is 37.8. The Morgan fingerprint density at radius 2 is 1.09 bits per heavy atom. The first-order valence-electron chi connectivity index (χ1n) is 12.8. The molecule has 0 spiro atoms. The first-order chi connectivity index (χ1) is 23.6. The van der Waals surface area contributed by atoms with Gasteiger partial charge in [-0.25, -0.2) is 25.3 Å². The van der Waals surface area contributed by atoms with Gasteiger partial charge in [0.25, 0.3) is 0 Å². The van der Waals surface area contributed by atoms with Crippen molar-refractivity contribution in [1.82, 2.24) is 0 Å². The third-order valence-corrected chi connectivity index (χ3v) is 10.7. The number of hydrogen-bond donors (Lipinski definition) is 2. The van der Waals surface area contributed by atoms with Gasteiger partial charge in [0, 0.05) is 12.1 Å². The van der Waals surface area contributed by atoms with Crippen LogP contribution < -0.4 is 104 Å². The van der Waals surface area contributed by atoms with Gasteiger partial charge in [-0.1, -0.05) is 0 Å². The van der Waals surface area contributed by atoms with Crippen molar-refractivity contribution in [2.45, 2.75) is 14.7 Å². The minimum Gasteiger partial charge on any atom is -0.744 e. The second-order valence-corrected chi connectivity index (χ2v) is 15.4. The van der Waals surface area contributed by atoms with Gasteiger partial charge in [0.1, 0.15) is 50.1 Å². The first-order valence-corrected chi connectivity index (χ1v) is 18.8. The van der Waals surface area contributed by atoms with Crippen LogP contribution in [-0.4, -0.2) is 71.8 Å². The van der Waals surface area contributed by atoms with Crippen molar-refractivity contribution in [3.8, 4) is 17.2 Å². The molecule has 274 valence electrons. The number of rotatable bonds is 20. The Kier molecular flexibility index (Phi) is 24.7. The number of hydrogen-bond acceptors (Lipinski definition) is 24. The molecule has 0 atom stereocenters. The Labute approximate surface area is 376 Å². The maximum absolute atomic E-state index is 12.7. The van der Waals surface area contributed by atoms with Crippen LogP contribution in [-0.2, 0) is 56.9 Å². The van der Waals surface area contributed by atoms with E-state index in [2.05, 4.69) is 43.4 Å². The van der Waals surface area contributed by atoms with Crippen LogP contribution in [0.5, 0.6) is 17.2 Å². The van der Waals surface area contributed by atoms with E-state index in [-0.39, 0.29) is 135 Å². The van der Waals surface area contributed by atoms with Gasteiger partial charge in [-0.05, 0) is 36.4 Å². The average molecular weight is 871 g/mol. The van der Waals surface area contributed by atoms with E-state index in [4.69, 9.17) is 8.92 Å². The third kappa shape index (κ3) is 16.5. The number of benzene rings is 3. The van der Waals surface area contributed by atoms with Crippen molar-refractivity contribution in [2.75, 3.05) is 31.8 Å². The Balaban J connectivity index is 0.00000901. The van der Waals surface area contributed by atoms with Gasteiger partial charge in [-0.15, -0.1) is 29.1 Å². The van der Waals surface area contributed by atoms with Gasteiger partial charge >= 0.3 is 88.7 Å². The topological polar surface area (TPSA) is 326 Å². The standard InChI is InChI=1S/C23H24N4O18S5.3Na/c1-39-22-5-3-14(48(32,33)8-6-40-46-44-42-30)10-19(22)27-26-18-12-17(20(28)13-21(18)29)25-24-16-4-2-15(11-23(16)50(36,37)38)49(34,35)9-7-41-47-45-43-31;;;/h2-5,10-13,28-31H,6-9H2,1H3,(H,36,37,38);;;/q;3*+1/p-3. The fourth-order valence-electron chi connectivity index (χ4n) is 3.50. The van der Waals surface area contributed by atoms with Crippen LogP contribution in [0.25, 0.3) is 0 Å². The molecule has 0 fully saturated rings. The molecule has 0 amide bonds. The number of ether oxygens (including phenoxy) is 1. The van der Waals surface area contributed by atoms with E-state index in [1.165, 1.54) is 19.2 Å². The van der Waals surface area contributed by atoms with E-state index in [0.717, 1.165) is 30.3 Å². The minimum absolute atomic E-state index is 0. The van der Waals surface area contributed by atoms with Crippen molar-refractivity contribution in [1.29, 1.82) is 0 Å². The molecule has 0 aromatic heterocycles. The van der Waals surface area contributed by atoms with Crippen molar-refractivity contribution in [3.63, 3.8) is 0 Å². The van der Waals surface area contributed by atoms with Crippen LogP contribution in [0.4, 0.5) is 22.7 Å². The predicted molar refractivity (Wildman–Crippen MR) is 161 cm³/mol. The van der Waals surface area contributed by atoms with E-state index in [1.54, 1.807) is 0 Å². The van der Waals surface area contributed by atoms with Crippen LogP contribution in [0.3, 0.4) is 0 Å². The normalized spacial score (nSPS) is 11.9.